The second-order valence-electron chi connectivity index (χ2n) is 12.1. The molecule has 0 aromatic carbocycles. The lowest BCUT2D eigenvalue weighted by Crippen LogP contribution is -2.62. The van der Waals surface area contributed by atoms with Crippen LogP contribution in [0.25, 0.3) is 0 Å². The number of aliphatic hydroxyl groups is 1. The monoisotopic (exact) mass is 472 g/mol. The first kappa shape index (κ1) is 24.1. The van der Waals surface area contributed by atoms with E-state index in [1.807, 2.05) is 6.07 Å². The molecule has 9 atom stereocenters. The molecule has 0 amide bonds. The smallest absolute Gasteiger partial charge is 0.335 e. The Morgan fingerprint density at radius 1 is 1.09 bits per heavy atom. The number of esters is 1. The van der Waals surface area contributed by atoms with Gasteiger partial charge < -0.3 is 19.0 Å². The van der Waals surface area contributed by atoms with E-state index in [0.29, 0.717) is 17.8 Å². The third kappa shape index (κ3) is 3.67. The number of fused-ring (bicyclic) bond motifs is 5. The van der Waals surface area contributed by atoms with Gasteiger partial charge in [0, 0.05) is 18.4 Å². The first-order valence-corrected chi connectivity index (χ1v) is 13.2. The Morgan fingerprint density at radius 3 is 2.59 bits per heavy atom. The molecule has 188 valence electrons. The average molecular weight is 473 g/mol. The zero-order valence-electron chi connectivity index (χ0n) is 21.0. The largest absolute Gasteiger partial charge is 0.436 e. The molecule has 6 heteroatoms. The number of carbonyl (C=O) groups excluding carboxylic acids is 1. The maximum absolute atomic E-state index is 12.3. The Hall–Kier alpha value is -1.66. The van der Waals surface area contributed by atoms with E-state index in [-0.39, 0.29) is 34.4 Å². The molecule has 4 aliphatic rings. The topological polar surface area (TPSA) is 86.0 Å². The zero-order valence-corrected chi connectivity index (χ0v) is 21.0. The molecule has 1 heterocycles. The Labute approximate surface area is 202 Å². The van der Waals surface area contributed by atoms with Crippen molar-refractivity contribution in [2.75, 3.05) is 0 Å². The predicted octanol–water partition coefficient (Wildman–Crippen LogP) is 5.18. The lowest BCUT2D eigenvalue weighted by molar-refractivity contribution is -0.219. The molecular formula is C28H40O6. The summed E-state index contributed by atoms with van der Waals surface area (Å²) in [6, 6.07) is 3.41. The van der Waals surface area contributed by atoms with Crippen molar-refractivity contribution in [1.82, 2.24) is 0 Å². The highest BCUT2D eigenvalue weighted by Gasteiger charge is 2.67. The van der Waals surface area contributed by atoms with Gasteiger partial charge in [-0.05, 0) is 105 Å². The average Bonchev–Trinajstić information content (AvgIpc) is 3.05. The Balaban J connectivity index is 1.34. The molecule has 0 bridgehead atoms. The minimum atomic E-state index is -0.679. The summed E-state index contributed by atoms with van der Waals surface area (Å²) in [5.41, 5.74) is 0.0658. The van der Waals surface area contributed by atoms with E-state index in [1.54, 1.807) is 13.2 Å². The van der Waals surface area contributed by atoms with E-state index < -0.39 is 11.9 Å². The summed E-state index contributed by atoms with van der Waals surface area (Å²) in [7, 11) is 0. The van der Waals surface area contributed by atoms with Gasteiger partial charge in [-0.3, -0.25) is 4.79 Å². The van der Waals surface area contributed by atoms with Gasteiger partial charge in [0.25, 0.3) is 0 Å². The summed E-state index contributed by atoms with van der Waals surface area (Å²) >= 11 is 0. The van der Waals surface area contributed by atoms with Gasteiger partial charge >= 0.3 is 11.6 Å². The van der Waals surface area contributed by atoms with Gasteiger partial charge in [-0.15, -0.1) is 0 Å². The Morgan fingerprint density at radius 2 is 1.88 bits per heavy atom. The van der Waals surface area contributed by atoms with Crippen molar-refractivity contribution in [3.63, 3.8) is 0 Å². The lowest BCUT2D eigenvalue weighted by Gasteiger charge is -2.63. The molecule has 4 saturated carbocycles. The molecular weight excluding hydrogens is 432 g/mol. The molecule has 0 spiro atoms. The number of ether oxygens (including phenoxy) is 2. The van der Waals surface area contributed by atoms with Crippen molar-refractivity contribution in [2.24, 2.45) is 28.6 Å². The van der Waals surface area contributed by atoms with Crippen molar-refractivity contribution in [1.29, 1.82) is 0 Å². The Kier molecular flexibility index (Phi) is 6.00. The summed E-state index contributed by atoms with van der Waals surface area (Å²) in [6.07, 6.45) is 10.4. The quantitative estimate of drug-likeness (QED) is 0.480. The van der Waals surface area contributed by atoms with Crippen molar-refractivity contribution in [2.45, 2.75) is 109 Å². The van der Waals surface area contributed by atoms with Crippen molar-refractivity contribution in [3.05, 3.63) is 34.4 Å². The summed E-state index contributed by atoms with van der Waals surface area (Å²) in [5.74, 6) is 1.32. The summed E-state index contributed by atoms with van der Waals surface area (Å²) in [5, 5.41) is 12.3. The van der Waals surface area contributed by atoms with Gasteiger partial charge in [-0.2, -0.15) is 0 Å². The van der Waals surface area contributed by atoms with Crippen molar-refractivity contribution < 1.29 is 23.8 Å². The maximum Gasteiger partial charge on any atom is 0.335 e. The molecule has 4 fully saturated rings. The summed E-state index contributed by atoms with van der Waals surface area (Å²) in [6.45, 7) is 7.96. The molecule has 0 aliphatic heterocycles. The minimum absolute atomic E-state index is 0.129. The molecule has 34 heavy (non-hydrogen) atoms. The van der Waals surface area contributed by atoms with Crippen LogP contribution in [-0.2, 0) is 14.3 Å². The summed E-state index contributed by atoms with van der Waals surface area (Å²) < 4.78 is 16.5. The van der Waals surface area contributed by atoms with Crippen molar-refractivity contribution >= 4 is 5.97 Å². The molecule has 1 aromatic rings. The highest BCUT2D eigenvalue weighted by Crippen LogP contribution is 2.70. The lowest BCUT2D eigenvalue weighted by atomic mass is 9.43. The van der Waals surface area contributed by atoms with Crippen LogP contribution in [0.1, 0.15) is 97.0 Å². The predicted molar refractivity (Wildman–Crippen MR) is 127 cm³/mol. The van der Waals surface area contributed by atoms with Crippen LogP contribution in [0, 0.1) is 28.6 Å². The van der Waals surface area contributed by atoms with E-state index in [1.165, 1.54) is 13.0 Å². The van der Waals surface area contributed by atoms with E-state index in [0.717, 1.165) is 63.4 Å². The first-order valence-electron chi connectivity index (χ1n) is 13.2. The van der Waals surface area contributed by atoms with E-state index in [4.69, 9.17) is 13.9 Å². The van der Waals surface area contributed by atoms with E-state index in [9.17, 15) is 14.7 Å². The second-order valence-corrected chi connectivity index (χ2v) is 12.1. The van der Waals surface area contributed by atoms with Crippen LogP contribution in [0.4, 0.5) is 0 Å². The van der Waals surface area contributed by atoms with Gasteiger partial charge in [0.15, 0.2) is 6.29 Å². The molecule has 1 aromatic heterocycles. The number of hydrogen-bond acceptors (Lipinski definition) is 6. The highest BCUT2D eigenvalue weighted by molar-refractivity contribution is 5.65. The molecule has 0 radical (unpaired) electrons. The van der Waals surface area contributed by atoms with Gasteiger partial charge in [0.2, 0.25) is 0 Å². The van der Waals surface area contributed by atoms with Crippen LogP contribution in [0.3, 0.4) is 0 Å². The molecule has 1 unspecified atom stereocenters. The van der Waals surface area contributed by atoms with E-state index >= 15 is 0 Å². The first-order chi connectivity index (χ1) is 16.1. The third-order valence-electron chi connectivity index (χ3n) is 10.6. The van der Waals surface area contributed by atoms with E-state index in [2.05, 4.69) is 13.8 Å². The fraction of sp³-hybridized carbons (Fsp3) is 0.786. The van der Waals surface area contributed by atoms with Gasteiger partial charge in [0.1, 0.15) is 0 Å². The molecule has 0 saturated heterocycles. The molecule has 1 N–H and O–H groups in total. The van der Waals surface area contributed by atoms with Crippen LogP contribution >= 0.6 is 0 Å². The van der Waals surface area contributed by atoms with Gasteiger partial charge in [-0.1, -0.05) is 13.8 Å². The highest BCUT2D eigenvalue weighted by atomic mass is 16.7. The fourth-order valence-electron chi connectivity index (χ4n) is 8.94. The SMILES string of the molecule is CC(=O)OC(C)O[C@H]1CC[C@@]2(C)[C@H](CC[C@@H]3[C@@H]2CC[C@]2(C)[C@@H](c4ccc(=O)oc4)CC[C@]32O)C1. The second kappa shape index (κ2) is 8.48. The standard InChI is InChI=1S/C28H40O6/c1-17(29)33-18(2)34-21-9-12-26(3)20(15-21)6-7-24-23(26)10-13-27(4)22(11-14-28(24,27)31)19-5-8-25(30)32-16-19/h5,8,16,18,20-24,31H,6-7,9-15H2,1-4H3/t18?,20-,21+,22-,23+,24-,26+,27-,28+/m1/s1. The van der Waals surface area contributed by atoms with Crippen molar-refractivity contribution in [3.8, 4) is 0 Å². The number of hydrogen-bond donors (Lipinski definition) is 1. The number of carbonyl (C=O) groups is 1. The third-order valence-corrected chi connectivity index (χ3v) is 10.6. The maximum atomic E-state index is 12.3. The Bertz CT molecular complexity index is 967. The van der Waals surface area contributed by atoms with Gasteiger partial charge in [0.05, 0.1) is 18.0 Å². The molecule has 5 rings (SSSR count). The van der Waals surface area contributed by atoms with Crippen LogP contribution in [0.15, 0.2) is 27.6 Å². The van der Waals surface area contributed by atoms with Crippen LogP contribution < -0.4 is 5.63 Å². The number of rotatable bonds is 4. The molecule has 6 nitrogen and oxygen atoms in total. The zero-order chi connectivity index (χ0) is 24.3. The van der Waals surface area contributed by atoms with Crippen LogP contribution in [0.5, 0.6) is 0 Å². The summed E-state index contributed by atoms with van der Waals surface area (Å²) in [4.78, 5) is 22.8. The van der Waals surface area contributed by atoms with Crippen LogP contribution in [0.2, 0.25) is 0 Å². The molecule has 4 aliphatic carbocycles. The van der Waals surface area contributed by atoms with Crippen LogP contribution in [-0.4, -0.2) is 29.1 Å². The minimum Gasteiger partial charge on any atom is -0.436 e. The van der Waals surface area contributed by atoms with Gasteiger partial charge in [-0.25, -0.2) is 4.79 Å². The normalized spacial score (nSPS) is 44.4. The fourth-order valence-corrected chi connectivity index (χ4v) is 8.94.